The fraction of sp³-hybridized carbons (Fsp3) is 1.00. The van der Waals surface area contributed by atoms with E-state index < -0.39 is 0 Å². The van der Waals surface area contributed by atoms with Gasteiger partial charge in [-0.25, -0.2) is 0 Å². The number of hydrogen-bond donors (Lipinski definition) is 2. The smallest absolute Gasteiger partial charge is 0.0268 e. The van der Waals surface area contributed by atoms with Gasteiger partial charge in [-0.3, -0.25) is 0 Å². The van der Waals surface area contributed by atoms with E-state index in [-0.39, 0.29) is 17.0 Å². The van der Waals surface area contributed by atoms with Crippen molar-refractivity contribution in [3.63, 3.8) is 0 Å². The topological polar surface area (TPSA) is 52.0 Å². The lowest BCUT2D eigenvalue weighted by atomic mass is 9.67. The third kappa shape index (κ3) is 4.43. The molecule has 0 heterocycles. The van der Waals surface area contributed by atoms with Crippen molar-refractivity contribution in [2.75, 3.05) is 0 Å². The molecule has 2 nitrogen and oxygen atoms in total. The molecule has 0 saturated carbocycles. The zero-order valence-corrected chi connectivity index (χ0v) is 10.9. The Morgan fingerprint density at radius 2 is 1.29 bits per heavy atom. The lowest BCUT2D eigenvalue weighted by Gasteiger charge is -2.43. The van der Waals surface area contributed by atoms with Gasteiger partial charge in [-0.1, -0.05) is 34.6 Å². The molecule has 0 aromatic carbocycles. The van der Waals surface area contributed by atoms with Gasteiger partial charge >= 0.3 is 0 Å². The second-order valence-corrected chi connectivity index (χ2v) is 7.03. The Labute approximate surface area is 89.4 Å². The van der Waals surface area contributed by atoms with Crippen LogP contribution < -0.4 is 11.5 Å². The van der Waals surface area contributed by atoms with Gasteiger partial charge in [-0.05, 0) is 31.1 Å². The standard InChI is InChI=1S/C12H28N2/c1-10(2,3)8-11(4,5)9(13)12(6,7)14/h9H,8,13-14H2,1-7H3. The molecule has 4 N–H and O–H groups in total. The normalized spacial score (nSPS) is 16.9. The molecule has 0 aliphatic carbocycles. The summed E-state index contributed by atoms with van der Waals surface area (Å²) in [5.74, 6) is 0. The number of nitrogens with two attached hydrogens (primary N) is 2. The molecular formula is C12H28N2. The lowest BCUT2D eigenvalue weighted by Crippen LogP contribution is -2.58. The van der Waals surface area contributed by atoms with Gasteiger partial charge in [-0.2, -0.15) is 0 Å². The quantitative estimate of drug-likeness (QED) is 0.735. The van der Waals surface area contributed by atoms with Crippen molar-refractivity contribution in [1.29, 1.82) is 0 Å². The van der Waals surface area contributed by atoms with E-state index in [2.05, 4.69) is 34.6 Å². The summed E-state index contributed by atoms with van der Waals surface area (Å²) in [4.78, 5) is 0. The van der Waals surface area contributed by atoms with Gasteiger partial charge in [0.1, 0.15) is 0 Å². The van der Waals surface area contributed by atoms with E-state index in [0.29, 0.717) is 5.41 Å². The van der Waals surface area contributed by atoms with E-state index in [9.17, 15) is 0 Å². The van der Waals surface area contributed by atoms with E-state index in [1.54, 1.807) is 0 Å². The molecule has 0 aromatic rings. The first-order valence-corrected chi connectivity index (χ1v) is 5.41. The highest BCUT2D eigenvalue weighted by Crippen LogP contribution is 2.37. The third-order valence-corrected chi connectivity index (χ3v) is 2.63. The van der Waals surface area contributed by atoms with Gasteiger partial charge < -0.3 is 11.5 Å². The first-order chi connectivity index (χ1) is 5.86. The summed E-state index contributed by atoms with van der Waals surface area (Å²) in [5.41, 5.74) is 12.3. The number of rotatable bonds is 3. The van der Waals surface area contributed by atoms with Crippen molar-refractivity contribution in [3.8, 4) is 0 Å². The first-order valence-electron chi connectivity index (χ1n) is 5.41. The molecule has 0 saturated heterocycles. The van der Waals surface area contributed by atoms with Crippen LogP contribution in [-0.2, 0) is 0 Å². The van der Waals surface area contributed by atoms with Crippen molar-refractivity contribution in [2.45, 2.75) is 66.5 Å². The third-order valence-electron chi connectivity index (χ3n) is 2.63. The molecule has 0 fully saturated rings. The maximum Gasteiger partial charge on any atom is 0.0268 e. The lowest BCUT2D eigenvalue weighted by molar-refractivity contribution is 0.135. The molecule has 2 heteroatoms. The van der Waals surface area contributed by atoms with Gasteiger partial charge in [0.05, 0.1) is 0 Å². The molecule has 0 amide bonds. The molecule has 0 aliphatic heterocycles. The summed E-state index contributed by atoms with van der Waals surface area (Å²) in [6.45, 7) is 15.1. The highest BCUT2D eigenvalue weighted by atomic mass is 14.9. The average molecular weight is 200 g/mol. The van der Waals surface area contributed by atoms with E-state index in [1.165, 1.54) is 0 Å². The minimum absolute atomic E-state index is 0.0224. The average Bonchev–Trinajstić information content (AvgIpc) is 1.78. The van der Waals surface area contributed by atoms with Crippen LogP contribution in [0.5, 0.6) is 0 Å². The van der Waals surface area contributed by atoms with Crippen LogP contribution in [0.15, 0.2) is 0 Å². The molecule has 86 valence electrons. The molecule has 1 atom stereocenters. The van der Waals surface area contributed by atoms with Gasteiger partial charge in [-0.15, -0.1) is 0 Å². The van der Waals surface area contributed by atoms with Crippen molar-refractivity contribution >= 4 is 0 Å². The monoisotopic (exact) mass is 200 g/mol. The van der Waals surface area contributed by atoms with Gasteiger partial charge in [0.15, 0.2) is 0 Å². The molecule has 0 rings (SSSR count). The molecule has 14 heavy (non-hydrogen) atoms. The van der Waals surface area contributed by atoms with Crippen molar-refractivity contribution < 1.29 is 0 Å². The zero-order valence-electron chi connectivity index (χ0n) is 10.9. The Morgan fingerprint density at radius 1 is 0.929 bits per heavy atom. The maximum absolute atomic E-state index is 6.21. The van der Waals surface area contributed by atoms with Crippen LogP contribution in [0.3, 0.4) is 0 Å². The van der Waals surface area contributed by atoms with Crippen LogP contribution in [0.4, 0.5) is 0 Å². The molecule has 0 spiro atoms. The fourth-order valence-electron chi connectivity index (χ4n) is 2.48. The van der Waals surface area contributed by atoms with Crippen LogP contribution in [-0.4, -0.2) is 11.6 Å². The fourth-order valence-corrected chi connectivity index (χ4v) is 2.48. The SMILES string of the molecule is CC(C)(C)CC(C)(C)C(N)C(C)(C)N. The summed E-state index contributed by atoms with van der Waals surface area (Å²) < 4.78 is 0. The molecule has 0 bridgehead atoms. The highest BCUT2D eigenvalue weighted by molar-refractivity contribution is 4.96. The minimum Gasteiger partial charge on any atom is -0.326 e. The minimum atomic E-state index is -0.311. The second kappa shape index (κ2) is 3.82. The van der Waals surface area contributed by atoms with Gasteiger partial charge in [0, 0.05) is 11.6 Å². The van der Waals surface area contributed by atoms with E-state index in [4.69, 9.17) is 11.5 Å². The van der Waals surface area contributed by atoms with E-state index in [0.717, 1.165) is 6.42 Å². The van der Waals surface area contributed by atoms with Crippen molar-refractivity contribution in [3.05, 3.63) is 0 Å². The van der Waals surface area contributed by atoms with Crippen LogP contribution in [0, 0.1) is 10.8 Å². The van der Waals surface area contributed by atoms with Gasteiger partial charge in [0.25, 0.3) is 0 Å². The van der Waals surface area contributed by atoms with Gasteiger partial charge in [0.2, 0.25) is 0 Å². The Kier molecular flexibility index (Phi) is 3.80. The van der Waals surface area contributed by atoms with Crippen molar-refractivity contribution in [2.24, 2.45) is 22.3 Å². The van der Waals surface area contributed by atoms with Crippen LogP contribution >= 0.6 is 0 Å². The summed E-state index contributed by atoms with van der Waals surface area (Å²) in [5, 5.41) is 0. The van der Waals surface area contributed by atoms with E-state index in [1.807, 2.05) is 13.8 Å². The van der Waals surface area contributed by atoms with Crippen LogP contribution in [0.2, 0.25) is 0 Å². The zero-order chi connectivity index (χ0) is 11.8. The molecule has 0 radical (unpaired) electrons. The van der Waals surface area contributed by atoms with Crippen molar-refractivity contribution in [1.82, 2.24) is 0 Å². The Bertz CT molecular complexity index is 181. The molecule has 0 aliphatic rings. The molecular weight excluding hydrogens is 172 g/mol. The molecule has 0 aromatic heterocycles. The summed E-state index contributed by atoms with van der Waals surface area (Å²) in [7, 11) is 0. The summed E-state index contributed by atoms with van der Waals surface area (Å²) in [6, 6.07) is 0.0224. The summed E-state index contributed by atoms with van der Waals surface area (Å²) in [6.07, 6.45) is 1.09. The Hall–Kier alpha value is -0.0800. The predicted octanol–water partition coefficient (Wildman–Crippen LogP) is 2.51. The summed E-state index contributed by atoms with van der Waals surface area (Å²) >= 11 is 0. The van der Waals surface area contributed by atoms with E-state index >= 15 is 0 Å². The Morgan fingerprint density at radius 3 is 1.50 bits per heavy atom. The first kappa shape index (κ1) is 13.9. The largest absolute Gasteiger partial charge is 0.326 e. The maximum atomic E-state index is 6.21. The number of hydrogen-bond acceptors (Lipinski definition) is 2. The van der Waals surface area contributed by atoms with Crippen LogP contribution in [0.1, 0.15) is 54.9 Å². The van der Waals surface area contributed by atoms with Crippen LogP contribution in [0.25, 0.3) is 0 Å². The second-order valence-electron chi connectivity index (χ2n) is 7.03. The highest BCUT2D eigenvalue weighted by Gasteiger charge is 2.37. The predicted molar refractivity (Wildman–Crippen MR) is 64.1 cm³/mol. The molecule has 1 unspecified atom stereocenters. The Balaban J connectivity index is 4.63.